The van der Waals surface area contributed by atoms with Gasteiger partial charge in [0.1, 0.15) is 0 Å². The Hall–Kier alpha value is -3.18. The van der Waals surface area contributed by atoms with Crippen molar-refractivity contribution < 1.29 is 4.79 Å². The van der Waals surface area contributed by atoms with E-state index >= 15 is 0 Å². The Morgan fingerprint density at radius 2 is 1.90 bits per heavy atom. The normalized spacial score (nSPS) is 18.4. The van der Waals surface area contributed by atoms with Gasteiger partial charge in [0.2, 0.25) is 0 Å². The van der Waals surface area contributed by atoms with E-state index in [-0.39, 0.29) is 11.7 Å². The van der Waals surface area contributed by atoms with Gasteiger partial charge in [0.25, 0.3) is 0 Å². The zero-order valence-electron chi connectivity index (χ0n) is 17.2. The summed E-state index contributed by atoms with van der Waals surface area (Å²) >= 11 is 0. The molecule has 1 aromatic rings. The van der Waals surface area contributed by atoms with Crippen LogP contribution in [0.25, 0.3) is 0 Å². The van der Waals surface area contributed by atoms with Crippen LogP contribution in [-0.4, -0.2) is 5.78 Å². The van der Waals surface area contributed by atoms with Crippen molar-refractivity contribution in [2.45, 2.75) is 39.5 Å². The Balaban J connectivity index is 2.06. The number of benzene rings is 1. The standard InChI is InChI=1S/C27H27NO/c1-4-8-19(3)24(18-28)17-26-23(15-21-13-11-20(5-2)12-14-21)16-22-9-6-7-10-25(22)27(26)29/h6-7,9-14,16-17,25H,3-5,8,15H2,1-2H3/b24-17+. The number of Topliss-reactive ketones (excluding diaryl/α,β-unsaturated/α-hetero) is 1. The van der Waals surface area contributed by atoms with E-state index in [0.29, 0.717) is 17.6 Å². The van der Waals surface area contributed by atoms with Crippen LogP contribution in [0.4, 0.5) is 0 Å². The summed E-state index contributed by atoms with van der Waals surface area (Å²) in [6.45, 7) is 8.25. The second-order valence-electron chi connectivity index (χ2n) is 7.54. The molecule has 1 unspecified atom stereocenters. The molecule has 0 radical (unpaired) electrons. The summed E-state index contributed by atoms with van der Waals surface area (Å²) in [5.41, 5.74) is 6.35. The minimum Gasteiger partial charge on any atom is -0.293 e. The zero-order chi connectivity index (χ0) is 20.8. The van der Waals surface area contributed by atoms with E-state index in [9.17, 15) is 10.1 Å². The third-order valence-electron chi connectivity index (χ3n) is 5.46. The maximum absolute atomic E-state index is 13.3. The molecule has 1 aromatic carbocycles. The highest BCUT2D eigenvalue weighted by Gasteiger charge is 2.29. The minimum absolute atomic E-state index is 0.0559. The van der Waals surface area contributed by atoms with Gasteiger partial charge in [-0.3, -0.25) is 4.79 Å². The van der Waals surface area contributed by atoms with Gasteiger partial charge in [-0.05, 0) is 53.2 Å². The lowest BCUT2D eigenvalue weighted by molar-refractivity contribution is -0.116. The number of hydrogen-bond acceptors (Lipinski definition) is 2. The average Bonchev–Trinajstić information content (AvgIpc) is 2.74. The number of carbonyl (C=O) groups excluding carboxylic acids is 1. The number of fused-ring (bicyclic) bond motifs is 1. The Kier molecular flexibility index (Phi) is 6.62. The third kappa shape index (κ3) is 4.63. The van der Waals surface area contributed by atoms with Crippen LogP contribution in [0.3, 0.4) is 0 Å². The molecule has 0 spiro atoms. The zero-order valence-corrected chi connectivity index (χ0v) is 17.2. The third-order valence-corrected chi connectivity index (χ3v) is 5.46. The van der Waals surface area contributed by atoms with Crippen molar-refractivity contribution in [3.05, 3.63) is 106 Å². The summed E-state index contributed by atoms with van der Waals surface area (Å²) in [6, 6.07) is 10.8. The molecule has 0 aromatic heterocycles. The molecule has 0 aliphatic heterocycles. The summed E-state index contributed by atoms with van der Waals surface area (Å²) in [5, 5.41) is 9.65. The van der Waals surface area contributed by atoms with Gasteiger partial charge in [-0.1, -0.05) is 81.5 Å². The van der Waals surface area contributed by atoms with E-state index < -0.39 is 0 Å². The minimum atomic E-state index is -0.267. The van der Waals surface area contributed by atoms with E-state index in [0.717, 1.165) is 41.5 Å². The summed E-state index contributed by atoms with van der Waals surface area (Å²) in [4.78, 5) is 13.3. The van der Waals surface area contributed by atoms with Crippen LogP contribution in [-0.2, 0) is 17.6 Å². The van der Waals surface area contributed by atoms with E-state index in [4.69, 9.17) is 0 Å². The first-order valence-corrected chi connectivity index (χ1v) is 10.3. The topological polar surface area (TPSA) is 40.9 Å². The van der Waals surface area contributed by atoms with Gasteiger partial charge >= 0.3 is 0 Å². The molecule has 1 atom stereocenters. The molecule has 0 saturated carbocycles. The second-order valence-corrected chi connectivity index (χ2v) is 7.54. The highest BCUT2D eigenvalue weighted by atomic mass is 16.1. The van der Waals surface area contributed by atoms with Crippen LogP contribution >= 0.6 is 0 Å². The highest BCUT2D eigenvalue weighted by molar-refractivity contribution is 6.06. The molecule has 2 aliphatic carbocycles. The first-order chi connectivity index (χ1) is 14.1. The first kappa shape index (κ1) is 20.6. The van der Waals surface area contributed by atoms with Crippen LogP contribution in [0, 0.1) is 17.2 Å². The first-order valence-electron chi connectivity index (χ1n) is 10.3. The summed E-state index contributed by atoms with van der Waals surface area (Å²) in [7, 11) is 0. The molecular weight excluding hydrogens is 354 g/mol. The molecule has 0 amide bonds. The number of aryl methyl sites for hydroxylation is 1. The summed E-state index contributed by atoms with van der Waals surface area (Å²) in [6.07, 6.45) is 15.0. The SMILES string of the molecule is C=C(CCC)/C(C#N)=C/C1=C(Cc2ccc(CC)cc2)C=C2C=CC=CC2C1=O. The van der Waals surface area contributed by atoms with Crippen LogP contribution in [0.1, 0.15) is 37.8 Å². The van der Waals surface area contributed by atoms with Crippen molar-refractivity contribution in [2.24, 2.45) is 5.92 Å². The Bertz CT molecular complexity index is 1000. The molecule has 2 heteroatoms. The van der Waals surface area contributed by atoms with Crippen molar-refractivity contribution in [3.8, 4) is 6.07 Å². The molecule has 29 heavy (non-hydrogen) atoms. The van der Waals surface area contributed by atoms with Crippen molar-refractivity contribution in [1.29, 1.82) is 5.26 Å². The number of hydrogen-bond donors (Lipinski definition) is 0. The molecule has 3 rings (SSSR count). The summed E-state index contributed by atoms with van der Waals surface area (Å²) in [5.74, 6) is -0.211. The molecule has 146 valence electrons. The lowest BCUT2D eigenvalue weighted by Gasteiger charge is -2.24. The number of rotatable bonds is 7. The molecular formula is C27H27NO. The average molecular weight is 382 g/mol. The number of allylic oxidation sites excluding steroid dienone is 11. The van der Waals surface area contributed by atoms with Gasteiger partial charge in [0.15, 0.2) is 5.78 Å². The van der Waals surface area contributed by atoms with Gasteiger partial charge < -0.3 is 0 Å². The predicted octanol–water partition coefficient (Wildman–Crippen LogP) is 6.15. The fourth-order valence-electron chi connectivity index (χ4n) is 3.76. The van der Waals surface area contributed by atoms with Gasteiger partial charge in [-0.15, -0.1) is 0 Å². The lowest BCUT2D eigenvalue weighted by Crippen LogP contribution is -2.22. The fraction of sp³-hybridized carbons (Fsp3) is 0.259. The largest absolute Gasteiger partial charge is 0.293 e. The van der Waals surface area contributed by atoms with Crippen molar-refractivity contribution in [3.63, 3.8) is 0 Å². The van der Waals surface area contributed by atoms with Crippen LogP contribution in [0.2, 0.25) is 0 Å². The number of nitrogens with zero attached hydrogens (tertiary/aromatic N) is 1. The van der Waals surface area contributed by atoms with Crippen molar-refractivity contribution in [2.75, 3.05) is 0 Å². The summed E-state index contributed by atoms with van der Waals surface area (Å²) < 4.78 is 0. The molecule has 0 bridgehead atoms. The molecule has 0 N–H and O–H groups in total. The second kappa shape index (κ2) is 9.34. The Labute approximate surface area is 174 Å². The monoisotopic (exact) mass is 381 g/mol. The van der Waals surface area contributed by atoms with E-state index in [1.807, 2.05) is 24.3 Å². The molecule has 0 heterocycles. The van der Waals surface area contributed by atoms with E-state index in [2.05, 4.69) is 56.8 Å². The molecule has 2 aliphatic rings. The number of ketones is 1. The Morgan fingerprint density at radius 3 is 2.55 bits per heavy atom. The van der Waals surface area contributed by atoms with Crippen LogP contribution < -0.4 is 0 Å². The van der Waals surface area contributed by atoms with Gasteiger partial charge in [0, 0.05) is 5.57 Å². The fourth-order valence-corrected chi connectivity index (χ4v) is 3.76. The van der Waals surface area contributed by atoms with E-state index in [1.54, 1.807) is 6.08 Å². The van der Waals surface area contributed by atoms with E-state index in [1.165, 1.54) is 5.56 Å². The van der Waals surface area contributed by atoms with Crippen molar-refractivity contribution in [1.82, 2.24) is 0 Å². The van der Waals surface area contributed by atoms with Crippen LogP contribution in [0.5, 0.6) is 0 Å². The molecule has 2 nitrogen and oxygen atoms in total. The number of nitriles is 1. The maximum Gasteiger partial charge on any atom is 0.174 e. The molecule has 0 fully saturated rings. The Morgan fingerprint density at radius 1 is 1.17 bits per heavy atom. The maximum atomic E-state index is 13.3. The lowest BCUT2D eigenvalue weighted by atomic mass is 9.78. The van der Waals surface area contributed by atoms with Crippen molar-refractivity contribution >= 4 is 5.78 Å². The van der Waals surface area contributed by atoms with Crippen LogP contribution in [0.15, 0.2) is 95.2 Å². The quantitative estimate of drug-likeness (QED) is 0.420. The van der Waals surface area contributed by atoms with Gasteiger partial charge in [0.05, 0.1) is 17.6 Å². The molecule has 0 saturated heterocycles. The predicted molar refractivity (Wildman–Crippen MR) is 119 cm³/mol. The van der Waals surface area contributed by atoms with Gasteiger partial charge in [-0.2, -0.15) is 5.26 Å². The number of carbonyl (C=O) groups is 1. The van der Waals surface area contributed by atoms with Gasteiger partial charge in [-0.25, -0.2) is 0 Å². The smallest absolute Gasteiger partial charge is 0.174 e. The highest BCUT2D eigenvalue weighted by Crippen LogP contribution is 2.33.